The summed E-state index contributed by atoms with van der Waals surface area (Å²) in [6.45, 7) is 2.85. The van der Waals surface area contributed by atoms with Gasteiger partial charge in [0.15, 0.2) is 11.0 Å². The van der Waals surface area contributed by atoms with Gasteiger partial charge in [-0.2, -0.15) is 0 Å². The summed E-state index contributed by atoms with van der Waals surface area (Å²) in [4.78, 5) is 4.62. The minimum absolute atomic E-state index is 0.686. The molecule has 0 saturated heterocycles. The van der Waals surface area contributed by atoms with Crippen molar-refractivity contribution in [1.82, 2.24) is 24.1 Å². The van der Waals surface area contributed by atoms with Crippen LogP contribution in [0.1, 0.15) is 12.6 Å². The van der Waals surface area contributed by atoms with E-state index in [0.29, 0.717) is 10.8 Å². The Kier molecular flexibility index (Phi) is 5.05. The predicted octanol–water partition coefficient (Wildman–Crippen LogP) is 4.57. The van der Waals surface area contributed by atoms with Crippen molar-refractivity contribution in [3.8, 4) is 17.1 Å². The molecular formula is C19H18ClN5OS. The third kappa shape index (κ3) is 3.52. The number of fused-ring (bicyclic) bond motifs is 1. The molecule has 138 valence electrons. The Bertz CT molecular complexity index is 1090. The maximum absolute atomic E-state index is 6.04. The van der Waals surface area contributed by atoms with E-state index in [1.807, 2.05) is 53.2 Å². The van der Waals surface area contributed by atoms with Gasteiger partial charge >= 0.3 is 0 Å². The Labute approximate surface area is 166 Å². The molecule has 4 rings (SSSR count). The first-order valence-electron chi connectivity index (χ1n) is 8.52. The molecular weight excluding hydrogens is 382 g/mol. The quantitative estimate of drug-likeness (QED) is 0.444. The van der Waals surface area contributed by atoms with E-state index in [-0.39, 0.29) is 0 Å². The standard InChI is InChI=1S/C19H18ClN5OS/c1-3-25-18(15-6-4-5-7-16(15)26-2)22-23-19(25)27-12-14-11-24-10-13(20)8-9-17(24)21-14/h4-11H,3,12H2,1-2H3. The second-order valence-electron chi connectivity index (χ2n) is 5.88. The van der Waals surface area contributed by atoms with Crippen molar-refractivity contribution in [3.05, 3.63) is 59.5 Å². The average Bonchev–Trinajstić information content (AvgIpc) is 3.28. The summed E-state index contributed by atoms with van der Waals surface area (Å²) in [6, 6.07) is 11.6. The number of halogens is 1. The number of hydrogen-bond donors (Lipinski definition) is 0. The number of methoxy groups -OCH3 is 1. The Morgan fingerprint density at radius 1 is 1.11 bits per heavy atom. The van der Waals surface area contributed by atoms with E-state index in [9.17, 15) is 0 Å². The Morgan fingerprint density at radius 2 is 1.96 bits per heavy atom. The molecule has 1 aromatic carbocycles. The number of imidazole rings is 1. The van der Waals surface area contributed by atoms with Gasteiger partial charge in [-0.25, -0.2) is 4.98 Å². The number of aromatic nitrogens is 5. The number of para-hydroxylation sites is 1. The topological polar surface area (TPSA) is 57.2 Å². The summed E-state index contributed by atoms with van der Waals surface area (Å²) >= 11 is 7.65. The number of benzene rings is 1. The van der Waals surface area contributed by atoms with Gasteiger partial charge in [-0.05, 0) is 31.2 Å². The van der Waals surface area contributed by atoms with Crippen molar-refractivity contribution in [2.75, 3.05) is 7.11 Å². The van der Waals surface area contributed by atoms with Crippen molar-refractivity contribution in [1.29, 1.82) is 0 Å². The van der Waals surface area contributed by atoms with E-state index >= 15 is 0 Å². The first-order valence-corrected chi connectivity index (χ1v) is 9.88. The molecule has 3 aromatic heterocycles. The number of ether oxygens (including phenoxy) is 1. The number of rotatable bonds is 6. The van der Waals surface area contributed by atoms with E-state index in [1.54, 1.807) is 18.9 Å². The maximum atomic E-state index is 6.04. The van der Waals surface area contributed by atoms with Crippen LogP contribution in [-0.4, -0.2) is 31.3 Å². The summed E-state index contributed by atoms with van der Waals surface area (Å²) in [7, 11) is 1.66. The Balaban J connectivity index is 1.60. The molecule has 0 unspecified atom stereocenters. The van der Waals surface area contributed by atoms with Gasteiger partial charge in [0.25, 0.3) is 0 Å². The molecule has 0 bridgehead atoms. The van der Waals surface area contributed by atoms with Crippen LogP contribution in [0.25, 0.3) is 17.0 Å². The lowest BCUT2D eigenvalue weighted by Crippen LogP contribution is -2.01. The summed E-state index contributed by atoms with van der Waals surface area (Å²) in [5.41, 5.74) is 2.78. The molecule has 0 atom stereocenters. The van der Waals surface area contributed by atoms with Crippen molar-refractivity contribution >= 4 is 29.0 Å². The van der Waals surface area contributed by atoms with Gasteiger partial charge in [-0.3, -0.25) is 0 Å². The van der Waals surface area contributed by atoms with E-state index in [2.05, 4.69) is 26.7 Å². The summed E-state index contributed by atoms with van der Waals surface area (Å²) in [6.07, 6.45) is 3.84. The van der Waals surface area contributed by atoms with Crippen LogP contribution in [0.3, 0.4) is 0 Å². The fourth-order valence-corrected chi connectivity index (χ4v) is 3.99. The van der Waals surface area contributed by atoms with Gasteiger partial charge in [-0.15, -0.1) is 10.2 Å². The minimum atomic E-state index is 0.686. The fourth-order valence-electron chi connectivity index (χ4n) is 2.93. The highest BCUT2D eigenvalue weighted by Crippen LogP contribution is 2.31. The van der Waals surface area contributed by atoms with Gasteiger partial charge in [0, 0.05) is 24.7 Å². The van der Waals surface area contributed by atoms with Crippen LogP contribution in [0.15, 0.2) is 53.9 Å². The highest BCUT2D eigenvalue weighted by Gasteiger charge is 2.16. The molecule has 0 spiro atoms. The van der Waals surface area contributed by atoms with E-state index in [0.717, 1.165) is 40.2 Å². The van der Waals surface area contributed by atoms with Crippen LogP contribution < -0.4 is 4.74 Å². The van der Waals surface area contributed by atoms with Gasteiger partial charge in [0.2, 0.25) is 0 Å². The molecule has 0 aliphatic carbocycles. The zero-order valence-corrected chi connectivity index (χ0v) is 16.5. The van der Waals surface area contributed by atoms with Gasteiger partial charge < -0.3 is 13.7 Å². The molecule has 8 heteroatoms. The lowest BCUT2D eigenvalue weighted by Gasteiger charge is -2.10. The number of hydrogen-bond acceptors (Lipinski definition) is 5. The van der Waals surface area contributed by atoms with Crippen LogP contribution in [0, 0.1) is 0 Å². The normalized spacial score (nSPS) is 11.2. The number of pyridine rings is 1. The van der Waals surface area contributed by atoms with Crippen LogP contribution in [-0.2, 0) is 12.3 Å². The van der Waals surface area contributed by atoms with Crippen molar-refractivity contribution < 1.29 is 4.74 Å². The lowest BCUT2D eigenvalue weighted by atomic mass is 10.2. The molecule has 0 saturated carbocycles. The van der Waals surface area contributed by atoms with Crippen molar-refractivity contribution in [3.63, 3.8) is 0 Å². The monoisotopic (exact) mass is 399 g/mol. The lowest BCUT2D eigenvalue weighted by molar-refractivity contribution is 0.416. The van der Waals surface area contributed by atoms with Crippen molar-refractivity contribution in [2.24, 2.45) is 0 Å². The number of nitrogens with zero attached hydrogens (tertiary/aromatic N) is 5. The molecule has 0 fully saturated rings. The fraction of sp³-hybridized carbons (Fsp3) is 0.211. The van der Waals surface area contributed by atoms with Crippen LogP contribution >= 0.6 is 23.4 Å². The van der Waals surface area contributed by atoms with Crippen molar-refractivity contribution in [2.45, 2.75) is 24.4 Å². The molecule has 4 aromatic rings. The summed E-state index contributed by atoms with van der Waals surface area (Å²) in [5.74, 6) is 2.29. The first-order chi connectivity index (χ1) is 13.2. The van der Waals surface area contributed by atoms with Crippen LogP contribution in [0.4, 0.5) is 0 Å². The number of thioether (sulfide) groups is 1. The average molecular weight is 400 g/mol. The largest absolute Gasteiger partial charge is 0.496 e. The van der Waals surface area contributed by atoms with E-state index in [1.165, 1.54) is 0 Å². The predicted molar refractivity (Wildman–Crippen MR) is 107 cm³/mol. The SMILES string of the molecule is CCn1c(SCc2cn3cc(Cl)ccc3n2)nnc1-c1ccccc1OC. The second-order valence-corrected chi connectivity index (χ2v) is 7.26. The molecule has 6 nitrogen and oxygen atoms in total. The molecule has 0 radical (unpaired) electrons. The molecule has 0 N–H and O–H groups in total. The highest BCUT2D eigenvalue weighted by atomic mass is 35.5. The minimum Gasteiger partial charge on any atom is -0.496 e. The van der Waals surface area contributed by atoms with Gasteiger partial charge in [0.05, 0.1) is 23.4 Å². The zero-order chi connectivity index (χ0) is 18.8. The van der Waals surface area contributed by atoms with Crippen LogP contribution in [0.2, 0.25) is 5.02 Å². The second kappa shape index (κ2) is 7.62. The summed E-state index contributed by atoms with van der Waals surface area (Å²) in [5, 5.41) is 10.3. The molecule has 27 heavy (non-hydrogen) atoms. The van der Waals surface area contributed by atoms with E-state index < -0.39 is 0 Å². The molecule has 0 aliphatic rings. The highest BCUT2D eigenvalue weighted by molar-refractivity contribution is 7.98. The zero-order valence-electron chi connectivity index (χ0n) is 15.0. The Hall–Kier alpha value is -2.51. The first kappa shape index (κ1) is 17.9. The Morgan fingerprint density at radius 3 is 2.78 bits per heavy atom. The third-order valence-corrected chi connectivity index (χ3v) is 5.42. The van der Waals surface area contributed by atoms with Gasteiger partial charge in [0.1, 0.15) is 11.4 Å². The molecule has 3 heterocycles. The van der Waals surface area contributed by atoms with Gasteiger partial charge in [-0.1, -0.05) is 35.5 Å². The van der Waals surface area contributed by atoms with E-state index in [4.69, 9.17) is 16.3 Å². The molecule has 0 amide bonds. The van der Waals surface area contributed by atoms with Crippen LogP contribution in [0.5, 0.6) is 5.75 Å². The maximum Gasteiger partial charge on any atom is 0.191 e. The third-order valence-electron chi connectivity index (χ3n) is 4.19. The smallest absolute Gasteiger partial charge is 0.191 e. The summed E-state index contributed by atoms with van der Waals surface area (Å²) < 4.78 is 9.50. The molecule has 0 aliphatic heterocycles.